The molecule has 0 fully saturated rings. The first-order chi connectivity index (χ1) is 15.0. The van der Waals surface area contributed by atoms with Gasteiger partial charge in [0, 0.05) is 29.2 Å². The van der Waals surface area contributed by atoms with Crippen molar-refractivity contribution in [2.24, 2.45) is 5.73 Å². The van der Waals surface area contributed by atoms with Gasteiger partial charge in [0.2, 0.25) is 11.7 Å². The van der Waals surface area contributed by atoms with Crippen molar-refractivity contribution in [1.82, 2.24) is 14.4 Å². The van der Waals surface area contributed by atoms with Gasteiger partial charge in [0.25, 0.3) is 0 Å². The first kappa shape index (κ1) is 20.0. The summed E-state index contributed by atoms with van der Waals surface area (Å²) >= 11 is 0. The smallest absolute Gasteiger partial charge is 0.248 e. The second-order valence-electron chi connectivity index (χ2n) is 6.59. The molecule has 2 aromatic carbocycles. The lowest BCUT2D eigenvalue weighted by Crippen LogP contribution is -2.10. The Morgan fingerprint density at radius 2 is 1.68 bits per heavy atom. The van der Waals surface area contributed by atoms with E-state index in [-0.39, 0.29) is 0 Å². The number of amides is 1. The van der Waals surface area contributed by atoms with Gasteiger partial charge in [-0.25, -0.2) is 9.97 Å². The van der Waals surface area contributed by atoms with Crippen LogP contribution in [0, 0.1) is 0 Å². The Morgan fingerprint density at radius 3 is 2.26 bits per heavy atom. The van der Waals surface area contributed by atoms with E-state index in [4.69, 9.17) is 19.9 Å². The third kappa shape index (κ3) is 3.68. The predicted molar refractivity (Wildman–Crippen MR) is 116 cm³/mol. The van der Waals surface area contributed by atoms with Crippen molar-refractivity contribution < 1.29 is 19.0 Å². The highest BCUT2D eigenvalue weighted by Crippen LogP contribution is 2.41. The van der Waals surface area contributed by atoms with E-state index in [9.17, 15) is 4.79 Å². The molecule has 9 nitrogen and oxygen atoms in total. The molecular weight excluding hydrogens is 398 g/mol. The fourth-order valence-corrected chi connectivity index (χ4v) is 3.30. The summed E-state index contributed by atoms with van der Waals surface area (Å²) in [6.45, 7) is 0. The zero-order valence-corrected chi connectivity index (χ0v) is 17.2. The normalized spacial score (nSPS) is 10.7. The minimum atomic E-state index is -0.477. The third-order valence-electron chi connectivity index (χ3n) is 4.82. The number of hydrogen-bond acceptors (Lipinski definition) is 7. The zero-order chi connectivity index (χ0) is 22.0. The van der Waals surface area contributed by atoms with Crippen LogP contribution in [-0.2, 0) is 0 Å². The molecule has 4 aromatic rings. The topological polar surface area (TPSA) is 113 Å². The average molecular weight is 419 g/mol. The molecule has 0 atom stereocenters. The van der Waals surface area contributed by atoms with Crippen LogP contribution in [-0.4, -0.2) is 41.6 Å². The van der Waals surface area contributed by atoms with Crippen molar-refractivity contribution in [3.05, 3.63) is 60.6 Å². The maximum atomic E-state index is 11.3. The molecule has 0 aliphatic rings. The molecule has 0 aliphatic carbocycles. The fourth-order valence-electron chi connectivity index (χ4n) is 3.30. The number of fused-ring (bicyclic) bond motifs is 1. The number of ether oxygens (including phenoxy) is 3. The molecule has 1 amide bonds. The van der Waals surface area contributed by atoms with Crippen LogP contribution in [0.1, 0.15) is 10.4 Å². The molecule has 9 heteroatoms. The van der Waals surface area contributed by atoms with Gasteiger partial charge in [0.1, 0.15) is 0 Å². The molecule has 2 heterocycles. The maximum absolute atomic E-state index is 11.3. The summed E-state index contributed by atoms with van der Waals surface area (Å²) < 4.78 is 18.2. The molecule has 0 unspecified atom stereocenters. The fraction of sp³-hybridized carbons (Fsp3) is 0.136. The van der Waals surface area contributed by atoms with Gasteiger partial charge < -0.3 is 25.3 Å². The Bertz CT molecular complexity index is 1230. The minimum absolute atomic E-state index is 0.433. The second-order valence-corrected chi connectivity index (χ2v) is 6.59. The largest absolute Gasteiger partial charge is 0.493 e. The van der Waals surface area contributed by atoms with Crippen LogP contribution >= 0.6 is 0 Å². The van der Waals surface area contributed by atoms with E-state index in [1.165, 1.54) is 0 Å². The SMILES string of the molecule is COc1cc(-c2cnc3c(Nc4ccc(C(N)=O)cc4)nccn23)cc(OC)c1OC. The number of methoxy groups -OCH3 is 3. The van der Waals surface area contributed by atoms with Gasteiger partial charge in [-0.15, -0.1) is 0 Å². The lowest BCUT2D eigenvalue weighted by molar-refractivity contribution is 0.100. The summed E-state index contributed by atoms with van der Waals surface area (Å²) in [5.41, 5.74) is 8.77. The highest BCUT2D eigenvalue weighted by Gasteiger charge is 2.17. The van der Waals surface area contributed by atoms with Gasteiger partial charge >= 0.3 is 0 Å². The quantitative estimate of drug-likeness (QED) is 0.473. The maximum Gasteiger partial charge on any atom is 0.248 e. The van der Waals surface area contributed by atoms with E-state index in [0.29, 0.717) is 34.3 Å². The first-order valence-corrected chi connectivity index (χ1v) is 9.35. The Balaban J connectivity index is 1.75. The molecule has 158 valence electrons. The molecule has 0 saturated heterocycles. The summed E-state index contributed by atoms with van der Waals surface area (Å²) in [6.07, 6.45) is 5.25. The van der Waals surface area contributed by atoms with Crippen LogP contribution in [0.5, 0.6) is 17.2 Å². The number of imidazole rings is 1. The van der Waals surface area contributed by atoms with Crippen molar-refractivity contribution in [3.63, 3.8) is 0 Å². The molecule has 2 aromatic heterocycles. The second kappa shape index (κ2) is 8.23. The Kier molecular flexibility index (Phi) is 5.31. The summed E-state index contributed by atoms with van der Waals surface area (Å²) in [5.74, 6) is 1.71. The summed E-state index contributed by atoms with van der Waals surface area (Å²) in [4.78, 5) is 20.2. The highest BCUT2D eigenvalue weighted by atomic mass is 16.5. The van der Waals surface area contributed by atoms with Gasteiger partial charge in [-0.2, -0.15) is 0 Å². The molecule has 0 radical (unpaired) electrons. The number of benzene rings is 2. The van der Waals surface area contributed by atoms with Gasteiger partial charge in [0.05, 0.1) is 33.2 Å². The molecule has 4 rings (SSSR count). The molecule has 0 bridgehead atoms. The monoisotopic (exact) mass is 419 g/mol. The van der Waals surface area contributed by atoms with E-state index >= 15 is 0 Å². The first-order valence-electron chi connectivity index (χ1n) is 9.35. The number of hydrogen-bond donors (Lipinski definition) is 2. The number of aromatic nitrogens is 3. The number of nitrogens with zero attached hydrogens (tertiary/aromatic N) is 3. The van der Waals surface area contributed by atoms with Crippen LogP contribution in [0.25, 0.3) is 16.9 Å². The Morgan fingerprint density at radius 1 is 1.00 bits per heavy atom. The highest BCUT2D eigenvalue weighted by molar-refractivity contribution is 5.93. The van der Waals surface area contributed by atoms with Crippen LogP contribution in [0.3, 0.4) is 0 Å². The number of rotatable bonds is 7. The average Bonchev–Trinajstić information content (AvgIpc) is 3.23. The third-order valence-corrected chi connectivity index (χ3v) is 4.82. The number of anilines is 2. The van der Waals surface area contributed by atoms with Crippen LogP contribution in [0.15, 0.2) is 55.0 Å². The van der Waals surface area contributed by atoms with Gasteiger partial charge in [-0.1, -0.05) is 0 Å². The molecule has 0 spiro atoms. The van der Waals surface area contributed by atoms with E-state index in [0.717, 1.165) is 16.9 Å². The standard InChI is InChI=1S/C22H21N5O4/c1-29-17-10-14(11-18(30-2)19(17)31-3)16-12-25-22-21(24-8-9-27(16)22)26-15-6-4-13(5-7-15)20(23)28/h4-12H,1-3H3,(H2,23,28)(H,24,26). The number of carbonyl (C=O) groups is 1. The number of carbonyl (C=O) groups excluding carboxylic acids is 1. The predicted octanol–water partition coefficient (Wildman–Crippen LogP) is 3.26. The number of nitrogens with one attached hydrogen (secondary N) is 1. The van der Waals surface area contributed by atoms with Gasteiger partial charge in [-0.3, -0.25) is 9.20 Å². The number of nitrogens with two attached hydrogens (primary N) is 1. The lowest BCUT2D eigenvalue weighted by atomic mass is 10.1. The Hall–Kier alpha value is -4.27. The molecular formula is C22H21N5O4. The van der Waals surface area contributed by atoms with E-state index in [1.54, 1.807) is 58.0 Å². The molecule has 0 saturated carbocycles. The molecule has 0 aliphatic heterocycles. The van der Waals surface area contributed by atoms with Crippen LogP contribution in [0.2, 0.25) is 0 Å². The van der Waals surface area contributed by atoms with Gasteiger partial charge in [-0.05, 0) is 36.4 Å². The van der Waals surface area contributed by atoms with Crippen molar-refractivity contribution in [1.29, 1.82) is 0 Å². The minimum Gasteiger partial charge on any atom is -0.493 e. The molecule has 3 N–H and O–H groups in total. The van der Waals surface area contributed by atoms with E-state index in [1.807, 2.05) is 22.7 Å². The summed E-state index contributed by atoms with van der Waals surface area (Å²) in [5, 5.41) is 3.23. The van der Waals surface area contributed by atoms with Crippen molar-refractivity contribution in [3.8, 4) is 28.5 Å². The Labute approximate surface area is 178 Å². The molecule has 31 heavy (non-hydrogen) atoms. The summed E-state index contributed by atoms with van der Waals surface area (Å²) in [7, 11) is 4.71. The number of primary amides is 1. The van der Waals surface area contributed by atoms with Crippen molar-refractivity contribution >= 4 is 23.1 Å². The van der Waals surface area contributed by atoms with Crippen LogP contribution < -0.4 is 25.3 Å². The summed E-state index contributed by atoms with van der Waals surface area (Å²) in [6, 6.07) is 10.5. The zero-order valence-electron chi connectivity index (χ0n) is 17.2. The van der Waals surface area contributed by atoms with Crippen LogP contribution in [0.4, 0.5) is 11.5 Å². The lowest BCUT2D eigenvalue weighted by Gasteiger charge is -2.14. The van der Waals surface area contributed by atoms with Gasteiger partial charge in [0.15, 0.2) is 23.0 Å². The van der Waals surface area contributed by atoms with Crippen molar-refractivity contribution in [2.45, 2.75) is 0 Å². The van der Waals surface area contributed by atoms with E-state index in [2.05, 4.69) is 15.3 Å². The van der Waals surface area contributed by atoms with Crippen molar-refractivity contribution in [2.75, 3.05) is 26.6 Å². The van der Waals surface area contributed by atoms with E-state index < -0.39 is 5.91 Å².